The van der Waals surface area contributed by atoms with E-state index in [1.165, 1.54) is 0 Å². The van der Waals surface area contributed by atoms with Crippen molar-refractivity contribution in [3.05, 3.63) is 188 Å². The molecule has 0 heterocycles. The van der Waals surface area contributed by atoms with Gasteiger partial charge in [-0.3, -0.25) is 0 Å². The van der Waals surface area contributed by atoms with E-state index in [9.17, 15) is 0 Å². The Morgan fingerprint density at radius 1 is 0.295 bits per heavy atom. The lowest BCUT2D eigenvalue weighted by molar-refractivity contribution is 1.28. The van der Waals surface area contributed by atoms with Gasteiger partial charge in [-0.2, -0.15) is 0 Å². The van der Waals surface area contributed by atoms with Crippen molar-refractivity contribution < 1.29 is 0 Å². The lowest BCUT2D eigenvalue weighted by atomic mass is 10.0. The van der Waals surface area contributed by atoms with E-state index >= 15 is 0 Å². The molecular weight excluding hydrogens is 532 g/mol. The van der Waals surface area contributed by atoms with E-state index in [-0.39, 0.29) is 0 Å². The minimum Gasteiger partial charge on any atom is -0.311 e. The van der Waals surface area contributed by atoms with E-state index in [2.05, 4.69) is 175 Å². The largest absolute Gasteiger partial charge is 0.311 e. The van der Waals surface area contributed by atoms with Crippen LogP contribution in [-0.2, 0) is 0 Å². The Labute approximate surface area is 260 Å². The van der Waals surface area contributed by atoms with Gasteiger partial charge in [0.25, 0.3) is 0 Å². The van der Waals surface area contributed by atoms with Gasteiger partial charge in [0.05, 0.1) is 0 Å². The van der Waals surface area contributed by atoms with Crippen LogP contribution in [0, 0.1) is 0 Å². The molecule has 0 saturated carbocycles. The molecule has 0 atom stereocenters. The molecule has 0 aliphatic carbocycles. The molecule has 0 saturated heterocycles. The van der Waals surface area contributed by atoms with Crippen molar-refractivity contribution in [3.8, 4) is 11.1 Å². The van der Waals surface area contributed by atoms with E-state index in [1.807, 2.05) is 24.3 Å². The number of anilines is 6. The monoisotopic (exact) mass is 566 g/mol. The highest BCUT2D eigenvalue weighted by Crippen LogP contribution is 2.38. The molecule has 0 spiro atoms. The Hall–Kier alpha value is -5.86. The van der Waals surface area contributed by atoms with Gasteiger partial charge >= 0.3 is 0 Å². The Balaban J connectivity index is 1.31. The van der Waals surface area contributed by atoms with E-state index < -0.39 is 0 Å². The molecule has 6 rings (SSSR count). The van der Waals surface area contributed by atoms with Gasteiger partial charge in [-0.25, -0.2) is 0 Å². The van der Waals surface area contributed by atoms with Crippen molar-refractivity contribution in [2.75, 3.05) is 9.80 Å². The molecule has 44 heavy (non-hydrogen) atoms. The van der Waals surface area contributed by atoms with Gasteiger partial charge in [0.2, 0.25) is 0 Å². The zero-order valence-electron chi connectivity index (χ0n) is 24.7. The molecule has 2 nitrogen and oxygen atoms in total. The third-order valence-corrected chi connectivity index (χ3v) is 7.76. The normalized spacial score (nSPS) is 10.5. The zero-order valence-corrected chi connectivity index (χ0v) is 24.7. The number of rotatable bonds is 10. The van der Waals surface area contributed by atoms with Crippen LogP contribution in [0.5, 0.6) is 0 Å². The molecule has 2 heteroatoms. The quantitative estimate of drug-likeness (QED) is 0.163. The first-order chi connectivity index (χ1) is 21.7. The maximum absolute atomic E-state index is 3.90. The zero-order chi connectivity index (χ0) is 30.3. The summed E-state index contributed by atoms with van der Waals surface area (Å²) in [6.07, 6.45) is 5.60. The number of para-hydroxylation sites is 1. The predicted molar refractivity (Wildman–Crippen MR) is 192 cm³/mol. The first-order valence-corrected chi connectivity index (χ1v) is 14.7. The summed E-state index contributed by atoms with van der Waals surface area (Å²) in [5.74, 6) is 0. The van der Waals surface area contributed by atoms with E-state index in [4.69, 9.17) is 0 Å². The summed E-state index contributed by atoms with van der Waals surface area (Å²) in [6, 6.07) is 53.3. The van der Waals surface area contributed by atoms with Crippen molar-refractivity contribution in [2.45, 2.75) is 0 Å². The molecule has 0 amide bonds. The highest BCUT2D eigenvalue weighted by Gasteiger charge is 2.14. The molecule has 0 unspecified atom stereocenters. The minimum atomic E-state index is 1.08. The molecule has 0 aliphatic rings. The second-order valence-electron chi connectivity index (χ2n) is 10.5. The third kappa shape index (κ3) is 6.01. The van der Waals surface area contributed by atoms with E-state index in [0.717, 1.165) is 61.9 Å². The molecule has 0 bridgehead atoms. The lowest BCUT2D eigenvalue weighted by Gasteiger charge is -2.26. The molecule has 0 radical (unpaired) electrons. The molecule has 6 aromatic rings. The maximum Gasteiger partial charge on any atom is 0.0462 e. The van der Waals surface area contributed by atoms with Crippen LogP contribution in [-0.4, -0.2) is 0 Å². The van der Waals surface area contributed by atoms with Gasteiger partial charge < -0.3 is 9.80 Å². The second kappa shape index (κ2) is 13.0. The van der Waals surface area contributed by atoms with E-state index in [0.29, 0.717) is 0 Å². The van der Waals surface area contributed by atoms with Crippen LogP contribution >= 0.6 is 0 Å². The average molecular weight is 567 g/mol. The van der Waals surface area contributed by atoms with Crippen molar-refractivity contribution in [1.29, 1.82) is 0 Å². The van der Waals surface area contributed by atoms with Gasteiger partial charge in [-0.05, 0) is 101 Å². The van der Waals surface area contributed by atoms with E-state index in [1.54, 1.807) is 0 Å². The highest BCUT2D eigenvalue weighted by atomic mass is 15.1. The Bertz CT molecular complexity index is 1800. The topological polar surface area (TPSA) is 6.48 Å². The third-order valence-electron chi connectivity index (χ3n) is 7.76. The summed E-state index contributed by atoms with van der Waals surface area (Å²) in [5, 5.41) is 0. The molecule has 6 aromatic carbocycles. The van der Waals surface area contributed by atoms with Crippen LogP contribution in [0.1, 0.15) is 16.7 Å². The van der Waals surface area contributed by atoms with Crippen LogP contribution in [0.3, 0.4) is 0 Å². The fourth-order valence-corrected chi connectivity index (χ4v) is 5.36. The summed E-state index contributed by atoms with van der Waals surface area (Å²) < 4.78 is 0. The molecule has 0 fully saturated rings. The summed E-state index contributed by atoms with van der Waals surface area (Å²) in [5.41, 5.74) is 12.2. The van der Waals surface area contributed by atoms with Crippen LogP contribution in [0.4, 0.5) is 34.1 Å². The average Bonchev–Trinajstić information content (AvgIpc) is 3.10. The summed E-state index contributed by atoms with van der Waals surface area (Å²) in [7, 11) is 0. The van der Waals surface area contributed by atoms with Gasteiger partial charge in [0.1, 0.15) is 0 Å². The van der Waals surface area contributed by atoms with Crippen LogP contribution in [0.15, 0.2) is 171 Å². The fourth-order valence-electron chi connectivity index (χ4n) is 5.36. The number of hydrogen-bond acceptors (Lipinski definition) is 2. The number of benzene rings is 6. The van der Waals surface area contributed by atoms with Gasteiger partial charge in [-0.15, -0.1) is 0 Å². The van der Waals surface area contributed by atoms with Crippen LogP contribution in [0.25, 0.3) is 29.4 Å². The van der Waals surface area contributed by atoms with Gasteiger partial charge in [0.15, 0.2) is 0 Å². The standard InChI is InChI=1S/C42H34N2/c1-4-32-12-22-38(23-13-32)43(37-10-8-7-9-11-37)41-28-18-35(19-29-41)36-20-30-42(31-21-36)44(39-24-14-33(5-2)15-25-39)40-26-16-34(6-3)17-27-40/h4-31H,1-3H2. The van der Waals surface area contributed by atoms with Crippen molar-refractivity contribution in [2.24, 2.45) is 0 Å². The highest BCUT2D eigenvalue weighted by molar-refractivity contribution is 5.81. The smallest absolute Gasteiger partial charge is 0.0462 e. The number of hydrogen-bond donors (Lipinski definition) is 0. The second-order valence-corrected chi connectivity index (χ2v) is 10.5. The predicted octanol–water partition coefficient (Wildman–Crippen LogP) is 12.2. The Kier molecular flexibility index (Phi) is 8.34. The summed E-state index contributed by atoms with van der Waals surface area (Å²) in [4.78, 5) is 4.54. The number of nitrogens with zero attached hydrogens (tertiary/aromatic N) is 2. The van der Waals surface area contributed by atoms with Gasteiger partial charge in [-0.1, -0.05) is 117 Å². The minimum absolute atomic E-state index is 1.08. The summed E-state index contributed by atoms with van der Waals surface area (Å²) >= 11 is 0. The maximum atomic E-state index is 3.90. The molecule has 0 N–H and O–H groups in total. The first-order valence-electron chi connectivity index (χ1n) is 14.7. The fraction of sp³-hybridized carbons (Fsp3) is 0. The van der Waals surface area contributed by atoms with Crippen molar-refractivity contribution in [3.63, 3.8) is 0 Å². The Morgan fingerprint density at radius 2 is 0.545 bits per heavy atom. The van der Waals surface area contributed by atoms with Crippen molar-refractivity contribution >= 4 is 52.4 Å². The van der Waals surface area contributed by atoms with Crippen molar-refractivity contribution in [1.82, 2.24) is 0 Å². The molecule has 212 valence electrons. The SMILES string of the molecule is C=Cc1ccc(N(c2ccccc2)c2ccc(-c3ccc(N(c4ccc(C=C)cc4)c4ccc(C=C)cc4)cc3)cc2)cc1. The molecule has 0 aliphatic heterocycles. The molecular formula is C42H34N2. The van der Waals surface area contributed by atoms with Gasteiger partial charge in [0, 0.05) is 34.1 Å². The Morgan fingerprint density at radius 3 is 0.818 bits per heavy atom. The first kappa shape index (κ1) is 28.3. The van der Waals surface area contributed by atoms with Crippen LogP contribution < -0.4 is 9.80 Å². The molecule has 0 aromatic heterocycles. The lowest BCUT2D eigenvalue weighted by Crippen LogP contribution is -2.10. The van der Waals surface area contributed by atoms with Crippen LogP contribution in [0.2, 0.25) is 0 Å². The summed E-state index contributed by atoms with van der Waals surface area (Å²) in [6.45, 7) is 11.7.